The van der Waals surface area contributed by atoms with Crippen molar-refractivity contribution < 1.29 is 9.72 Å². The van der Waals surface area contributed by atoms with Gasteiger partial charge in [-0.3, -0.25) is 14.9 Å². The van der Waals surface area contributed by atoms with Gasteiger partial charge in [0.1, 0.15) is 0 Å². The van der Waals surface area contributed by atoms with Crippen LogP contribution >= 0.6 is 11.8 Å². The predicted octanol–water partition coefficient (Wildman–Crippen LogP) is 9.06. The molecule has 0 radical (unpaired) electrons. The van der Waals surface area contributed by atoms with Gasteiger partial charge in [-0.05, 0) is 24.6 Å². The number of nitro groups is 1. The predicted molar refractivity (Wildman–Crippen MR) is 148 cm³/mol. The summed E-state index contributed by atoms with van der Waals surface area (Å²) in [5.74, 6) is 0. The summed E-state index contributed by atoms with van der Waals surface area (Å²) in [6.07, 6.45) is 24.9. The number of thioether (sulfide) groups is 1. The molecule has 1 aromatic carbocycles. The normalized spacial score (nSPS) is 14.5. The van der Waals surface area contributed by atoms with Crippen LogP contribution in [0.15, 0.2) is 52.0 Å². The van der Waals surface area contributed by atoms with E-state index in [0.717, 1.165) is 28.6 Å². The lowest BCUT2D eigenvalue weighted by Gasteiger charge is -2.20. The summed E-state index contributed by atoms with van der Waals surface area (Å²) in [6.45, 7) is 3.16. The Hall–Kier alpha value is -2.08. The van der Waals surface area contributed by atoms with Crippen molar-refractivity contribution in [3.8, 4) is 0 Å². The van der Waals surface area contributed by atoms with Gasteiger partial charge in [-0.25, -0.2) is 0 Å². The van der Waals surface area contributed by atoms with Crippen LogP contribution in [0.25, 0.3) is 0 Å². The first-order valence-electron chi connectivity index (χ1n) is 13.7. The highest BCUT2D eigenvalue weighted by atomic mass is 32.2. The molecule has 0 amide bonds. The van der Waals surface area contributed by atoms with E-state index in [1.807, 2.05) is 12.1 Å². The minimum Gasteiger partial charge on any atom is -0.335 e. The maximum atomic E-state index is 10.9. The maximum absolute atomic E-state index is 10.9. The Labute approximate surface area is 216 Å². The number of para-hydroxylation sites is 1. The van der Waals surface area contributed by atoms with Gasteiger partial charge < -0.3 is 4.90 Å². The molecule has 2 rings (SSSR count). The summed E-state index contributed by atoms with van der Waals surface area (Å²) in [6, 6.07) is 8.19. The highest BCUT2D eigenvalue weighted by Crippen LogP contribution is 2.45. The molecular weight excluding hydrogens is 456 g/mol. The first-order valence-corrected chi connectivity index (χ1v) is 14.5. The largest absolute Gasteiger partial charge is 0.335 e. The molecule has 194 valence electrons. The van der Waals surface area contributed by atoms with Gasteiger partial charge in [-0.15, -0.1) is 0 Å². The molecule has 0 spiro atoms. The SMILES string of the molecule is CCCCCCCCCCCCCCCCCCN1/C(=C\C=C(\C=O)[N+](=O)[O-])Sc2ccccc21. The van der Waals surface area contributed by atoms with E-state index in [2.05, 4.69) is 24.0 Å². The quantitative estimate of drug-likeness (QED) is 0.0587. The van der Waals surface area contributed by atoms with Crippen LogP contribution in [0.1, 0.15) is 110 Å². The van der Waals surface area contributed by atoms with Crippen molar-refractivity contribution >= 4 is 23.7 Å². The number of carbonyl (C=O) groups excluding carboxylic acids is 1. The maximum Gasteiger partial charge on any atom is 0.308 e. The summed E-state index contributed by atoms with van der Waals surface area (Å²) in [5.41, 5.74) is 0.725. The van der Waals surface area contributed by atoms with E-state index in [1.54, 1.807) is 17.8 Å². The summed E-state index contributed by atoms with van der Waals surface area (Å²) in [7, 11) is 0. The second kappa shape index (κ2) is 18.2. The van der Waals surface area contributed by atoms with Crippen molar-refractivity contribution in [3.05, 3.63) is 57.3 Å². The Morgan fingerprint density at radius 2 is 1.37 bits per heavy atom. The third kappa shape index (κ3) is 11.5. The van der Waals surface area contributed by atoms with Gasteiger partial charge in [0.2, 0.25) is 6.29 Å². The number of nitrogens with zero attached hydrogens (tertiary/aromatic N) is 2. The molecule has 1 aliphatic heterocycles. The number of hydrogen-bond acceptors (Lipinski definition) is 5. The molecule has 0 N–H and O–H groups in total. The molecule has 0 atom stereocenters. The molecule has 0 saturated carbocycles. The minimum atomic E-state index is -0.642. The molecule has 0 unspecified atom stereocenters. The van der Waals surface area contributed by atoms with Gasteiger partial charge in [-0.2, -0.15) is 0 Å². The Morgan fingerprint density at radius 1 is 0.857 bits per heavy atom. The Kier molecular flexibility index (Phi) is 15.2. The fourth-order valence-corrected chi connectivity index (χ4v) is 5.62. The molecule has 0 saturated heterocycles. The van der Waals surface area contributed by atoms with Gasteiger partial charge in [0.15, 0.2) is 0 Å². The van der Waals surface area contributed by atoms with Crippen molar-refractivity contribution in [2.45, 2.75) is 115 Å². The molecule has 0 bridgehead atoms. The Balaban J connectivity index is 1.59. The van der Waals surface area contributed by atoms with Gasteiger partial charge in [0, 0.05) is 17.5 Å². The zero-order valence-electron chi connectivity index (χ0n) is 21.6. The zero-order chi connectivity index (χ0) is 25.1. The third-order valence-corrected chi connectivity index (χ3v) is 7.73. The van der Waals surface area contributed by atoms with E-state index < -0.39 is 10.6 Å². The Bertz CT molecular complexity index is 822. The minimum absolute atomic E-state index is 0.295. The lowest BCUT2D eigenvalue weighted by molar-refractivity contribution is -0.417. The second-order valence-corrected chi connectivity index (χ2v) is 10.6. The monoisotopic (exact) mass is 500 g/mol. The molecule has 1 aromatic rings. The smallest absolute Gasteiger partial charge is 0.308 e. The lowest BCUT2D eigenvalue weighted by atomic mass is 10.0. The van der Waals surface area contributed by atoms with Crippen LogP contribution in [0.3, 0.4) is 0 Å². The van der Waals surface area contributed by atoms with Crippen molar-refractivity contribution in [2.75, 3.05) is 11.4 Å². The van der Waals surface area contributed by atoms with Crippen molar-refractivity contribution in [1.29, 1.82) is 0 Å². The van der Waals surface area contributed by atoms with Gasteiger partial charge in [-0.1, -0.05) is 127 Å². The molecular formula is C29H44N2O3S. The zero-order valence-corrected chi connectivity index (χ0v) is 22.4. The summed E-state index contributed by atoms with van der Waals surface area (Å²) >= 11 is 1.60. The topological polar surface area (TPSA) is 63.5 Å². The number of fused-ring (bicyclic) bond motifs is 1. The summed E-state index contributed by atoms with van der Waals surface area (Å²) < 4.78 is 0. The third-order valence-electron chi connectivity index (χ3n) is 6.60. The fourth-order valence-electron chi connectivity index (χ4n) is 4.53. The molecule has 5 nitrogen and oxygen atoms in total. The standard InChI is InChI=1S/C29H44N2O3S/c1-2-3-4-5-6-7-8-9-10-11-12-13-14-15-16-19-24-30-27-20-17-18-21-28(27)35-29(30)23-22-26(25-32)31(33)34/h17-18,20-23,25H,2-16,19,24H2,1H3/b26-22-,29-23+. The highest BCUT2D eigenvalue weighted by Gasteiger charge is 2.24. The molecule has 1 aliphatic rings. The van der Waals surface area contributed by atoms with Crippen LogP contribution < -0.4 is 4.90 Å². The van der Waals surface area contributed by atoms with Crippen LogP contribution in [-0.4, -0.2) is 17.8 Å². The first kappa shape index (κ1) is 29.2. The molecule has 1 heterocycles. The number of hydrogen-bond donors (Lipinski definition) is 0. The molecule has 6 heteroatoms. The van der Waals surface area contributed by atoms with E-state index in [0.29, 0.717) is 6.29 Å². The van der Waals surface area contributed by atoms with E-state index in [1.165, 1.54) is 102 Å². The van der Waals surface area contributed by atoms with Crippen LogP contribution in [0.4, 0.5) is 5.69 Å². The van der Waals surface area contributed by atoms with E-state index in [-0.39, 0.29) is 0 Å². The number of anilines is 1. The second-order valence-electron chi connectivity index (χ2n) is 9.50. The summed E-state index contributed by atoms with van der Waals surface area (Å²) in [5, 5.41) is 11.9. The van der Waals surface area contributed by atoms with Crippen molar-refractivity contribution in [2.24, 2.45) is 0 Å². The summed E-state index contributed by atoms with van der Waals surface area (Å²) in [4.78, 5) is 24.6. The number of carbonyl (C=O) groups is 1. The molecule has 35 heavy (non-hydrogen) atoms. The fraction of sp³-hybridized carbons (Fsp3) is 0.621. The van der Waals surface area contributed by atoms with Crippen LogP contribution in [-0.2, 0) is 4.79 Å². The highest BCUT2D eigenvalue weighted by molar-refractivity contribution is 8.03. The lowest BCUT2D eigenvalue weighted by Crippen LogP contribution is -2.19. The number of benzene rings is 1. The van der Waals surface area contributed by atoms with Crippen molar-refractivity contribution in [3.63, 3.8) is 0 Å². The molecule has 0 aromatic heterocycles. The number of rotatable bonds is 20. The van der Waals surface area contributed by atoms with Crippen LogP contribution in [0, 0.1) is 10.1 Å². The molecule has 0 fully saturated rings. The van der Waals surface area contributed by atoms with E-state index in [4.69, 9.17) is 0 Å². The van der Waals surface area contributed by atoms with E-state index >= 15 is 0 Å². The average Bonchev–Trinajstić information content (AvgIpc) is 3.21. The van der Waals surface area contributed by atoms with Gasteiger partial charge in [0.25, 0.3) is 0 Å². The van der Waals surface area contributed by atoms with Crippen LogP contribution in [0.5, 0.6) is 0 Å². The number of aldehydes is 1. The van der Waals surface area contributed by atoms with Crippen molar-refractivity contribution in [1.82, 2.24) is 0 Å². The van der Waals surface area contributed by atoms with E-state index in [9.17, 15) is 14.9 Å². The van der Waals surface area contributed by atoms with Gasteiger partial charge in [0.05, 0.1) is 15.6 Å². The number of allylic oxidation sites excluding steroid dienone is 3. The molecule has 0 aliphatic carbocycles. The average molecular weight is 501 g/mol. The van der Waals surface area contributed by atoms with Crippen LogP contribution in [0.2, 0.25) is 0 Å². The Morgan fingerprint density at radius 3 is 1.89 bits per heavy atom. The first-order chi connectivity index (χ1) is 17.2. The van der Waals surface area contributed by atoms with Gasteiger partial charge >= 0.3 is 5.70 Å². The number of unbranched alkanes of at least 4 members (excludes halogenated alkanes) is 15.